The van der Waals surface area contributed by atoms with Crippen LogP contribution in [0.4, 0.5) is 0 Å². The Hall–Kier alpha value is -0.610. The van der Waals surface area contributed by atoms with E-state index < -0.39 is 0 Å². The lowest BCUT2D eigenvalue weighted by Gasteiger charge is -2.36. The number of amides is 1. The minimum atomic E-state index is -0.165. The minimum Gasteiger partial charge on any atom is -0.303 e. The molecule has 1 atom stereocenters. The third kappa shape index (κ3) is 3.98. The molecular formula is C17H30N2O2. The normalized spacial score (nSPS) is 26.9. The minimum absolute atomic E-state index is 0.0845. The molecule has 2 aliphatic carbocycles. The largest absolute Gasteiger partial charge is 0.303 e. The van der Waals surface area contributed by atoms with Crippen molar-refractivity contribution in [3.8, 4) is 0 Å². The molecule has 1 heterocycles. The van der Waals surface area contributed by atoms with Crippen LogP contribution in [-0.4, -0.2) is 37.0 Å². The molecule has 0 aromatic rings. The molecular weight excluding hydrogens is 264 g/mol. The van der Waals surface area contributed by atoms with E-state index in [1.165, 1.54) is 51.6 Å². The summed E-state index contributed by atoms with van der Waals surface area (Å²) < 4.78 is 0. The lowest BCUT2D eigenvalue weighted by atomic mass is 9.70. The summed E-state index contributed by atoms with van der Waals surface area (Å²) in [6, 6.07) is 0. The molecule has 0 radical (unpaired) electrons. The maximum absolute atomic E-state index is 12.1. The third-order valence-electron chi connectivity index (χ3n) is 5.70. The lowest BCUT2D eigenvalue weighted by molar-refractivity contribution is -0.149. The van der Waals surface area contributed by atoms with Crippen molar-refractivity contribution < 1.29 is 9.63 Å². The van der Waals surface area contributed by atoms with Gasteiger partial charge in [-0.1, -0.05) is 19.8 Å². The first-order valence-corrected chi connectivity index (χ1v) is 8.82. The van der Waals surface area contributed by atoms with Crippen molar-refractivity contribution in [2.24, 2.45) is 17.3 Å². The SMILES string of the molecule is CC1(C(=O)NOCC(CN2CCCCC2)C2CC2)CCC1. The highest BCUT2D eigenvalue weighted by Gasteiger charge is 2.40. The highest BCUT2D eigenvalue weighted by molar-refractivity contribution is 5.82. The fourth-order valence-electron chi connectivity index (χ4n) is 3.65. The van der Waals surface area contributed by atoms with Crippen molar-refractivity contribution in [2.45, 2.75) is 58.3 Å². The van der Waals surface area contributed by atoms with Crippen molar-refractivity contribution >= 4 is 5.91 Å². The van der Waals surface area contributed by atoms with E-state index in [1.807, 2.05) is 6.92 Å². The fraction of sp³-hybridized carbons (Fsp3) is 0.941. The van der Waals surface area contributed by atoms with Gasteiger partial charge >= 0.3 is 0 Å². The van der Waals surface area contributed by atoms with Crippen LogP contribution in [0.1, 0.15) is 58.3 Å². The average Bonchev–Trinajstić information content (AvgIpc) is 3.29. The first-order valence-electron chi connectivity index (χ1n) is 8.82. The predicted molar refractivity (Wildman–Crippen MR) is 82.6 cm³/mol. The highest BCUT2D eigenvalue weighted by atomic mass is 16.7. The molecule has 0 aromatic heterocycles. The number of nitrogens with zero attached hydrogens (tertiary/aromatic N) is 1. The molecule has 3 aliphatic rings. The van der Waals surface area contributed by atoms with Gasteiger partial charge in [-0.05, 0) is 57.5 Å². The molecule has 3 rings (SSSR count). The molecule has 120 valence electrons. The Balaban J connectivity index is 1.39. The monoisotopic (exact) mass is 294 g/mol. The van der Waals surface area contributed by atoms with Gasteiger partial charge in [0.05, 0.1) is 6.61 Å². The number of nitrogens with one attached hydrogen (secondary N) is 1. The third-order valence-corrected chi connectivity index (χ3v) is 5.70. The number of rotatable bonds is 7. The van der Waals surface area contributed by atoms with Gasteiger partial charge in [0.2, 0.25) is 5.91 Å². The predicted octanol–water partition coefficient (Wildman–Crippen LogP) is 2.74. The highest BCUT2D eigenvalue weighted by Crippen LogP contribution is 2.40. The van der Waals surface area contributed by atoms with E-state index in [9.17, 15) is 4.79 Å². The molecule has 1 aliphatic heterocycles. The van der Waals surface area contributed by atoms with Gasteiger partial charge in [0, 0.05) is 17.9 Å². The first kappa shape index (κ1) is 15.3. The summed E-state index contributed by atoms with van der Waals surface area (Å²) in [7, 11) is 0. The van der Waals surface area contributed by atoms with Crippen LogP contribution < -0.4 is 5.48 Å². The quantitative estimate of drug-likeness (QED) is 0.734. The van der Waals surface area contributed by atoms with Gasteiger partial charge in [-0.3, -0.25) is 9.63 Å². The van der Waals surface area contributed by atoms with E-state index in [2.05, 4.69) is 10.4 Å². The van der Waals surface area contributed by atoms with E-state index in [0.717, 1.165) is 25.3 Å². The molecule has 0 aromatic carbocycles. The van der Waals surface area contributed by atoms with E-state index in [4.69, 9.17) is 4.84 Å². The number of likely N-dealkylation sites (tertiary alicyclic amines) is 1. The summed E-state index contributed by atoms with van der Waals surface area (Å²) in [5.74, 6) is 1.50. The number of carbonyl (C=O) groups is 1. The zero-order valence-electron chi connectivity index (χ0n) is 13.4. The Kier molecular flexibility index (Phi) is 4.85. The molecule has 0 bridgehead atoms. The zero-order chi connectivity index (χ0) is 14.7. The maximum atomic E-state index is 12.1. The molecule has 1 amide bonds. The van der Waals surface area contributed by atoms with Crippen LogP contribution in [-0.2, 0) is 9.63 Å². The molecule has 1 N–H and O–H groups in total. The van der Waals surface area contributed by atoms with Crippen molar-refractivity contribution in [3.63, 3.8) is 0 Å². The Morgan fingerprint density at radius 1 is 1.24 bits per heavy atom. The van der Waals surface area contributed by atoms with Crippen molar-refractivity contribution in [1.82, 2.24) is 10.4 Å². The second-order valence-corrected chi connectivity index (χ2v) is 7.62. The van der Waals surface area contributed by atoms with Gasteiger partial charge in [0.25, 0.3) is 0 Å². The summed E-state index contributed by atoms with van der Waals surface area (Å²) in [5.41, 5.74) is 2.55. The smallest absolute Gasteiger partial charge is 0.249 e. The van der Waals surface area contributed by atoms with Gasteiger partial charge in [-0.25, -0.2) is 5.48 Å². The molecule has 1 unspecified atom stereocenters. The topological polar surface area (TPSA) is 41.6 Å². The molecule has 4 heteroatoms. The summed E-state index contributed by atoms with van der Waals surface area (Å²) in [5, 5.41) is 0. The van der Waals surface area contributed by atoms with E-state index in [-0.39, 0.29) is 11.3 Å². The standard InChI is InChI=1S/C17H30N2O2/c1-17(8-5-9-17)16(20)18-21-13-15(14-6-7-14)12-19-10-3-2-4-11-19/h14-15H,2-13H2,1H3,(H,18,20). The van der Waals surface area contributed by atoms with E-state index in [0.29, 0.717) is 12.5 Å². The number of piperidine rings is 1. The van der Waals surface area contributed by atoms with Gasteiger partial charge in [-0.2, -0.15) is 0 Å². The molecule has 2 saturated carbocycles. The second kappa shape index (κ2) is 6.66. The summed E-state index contributed by atoms with van der Waals surface area (Å²) >= 11 is 0. The van der Waals surface area contributed by atoms with E-state index >= 15 is 0 Å². The molecule has 3 fully saturated rings. The second-order valence-electron chi connectivity index (χ2n) is 7.62. The van der Waals surface area contributed by atoms with Crippen molar-refractivity contribution in [3.05, 3.63) is 0 Å². The number of hydroxylamine groups is 1. The van der Waals surface area contributed by atoms with Crippen molar-refractivity contribution in [1.29, 1.82) is 0 Å². The summed E-state index contributed by atoms with van der Waals surface area (Å²) in [6.07, 6.45) is 9.92. The van der Waals surface area contributed by atoms with Gasteiger partial charge in [0.1, 0.15) is 0 Å². The molecule has 0 spiro atoms. The van der Waals surface area contributed by atoms with Crippen LogP contribution in [0.2, 0.25) is 0 Å². The van der Waals surface area contributed by atoms with E-state index in [1.54, 1.807) is 0 Å². The van der Waals surface area contributed by atoms with Gasteiger partial charge in [0.15, 0.2) is 0 Å². The fourth-order valence-corrected chi connectivity index (χ4v) is 3.65. The Morgan fingerprint density at radius 3 is 2.52 bits per heavy atom. The van der Waals surface area contributed by atoms with Crippen LogP contribution in [0.3, 0.4) is 0 Å². The molecule has 4 nitrogen and oxygen atoms in total. The van der Waals surface area contributed by atoms with Crippen LogP contribution in [0.5, 0.6) is 0 Å². The Morgan fingerprint density at radius 2 is 1.95 bits per heavy atom. The van der Waals surface area contributed by atoms with Crippen LogP contribution in [0.25, 0.3) is 0 Å². The number of hydrogen-bond donors (Lipinski definition) is 1. The zero-order valence-corrected chi connectivity index (χ0v) is 13.4. The van der Waals surface area contributed by atoms with Gasteiger partial charge < -0.3 is 4.90 Å². The number of hydrogen-bond acceptors (Lipinski definition) is 3. The lowest BCUT2D eigenvalue weighted by Crippen LogP contribution is -2.44. The Labute approximate surface area is 128 Å². The summed E-state index contributed by atoms with van der Waals surface area (Å²) in [6.45, 7) is 6.36. The molecule has 1 saturated heterocycles. The Bertz CT molecular complexity index is 358. The van der Waals surface area contributed by atoms with Crippen LogP contribution >= 0.6 is 0 Å². The van der Waals surface area contributed by atoms with Crippen LogP contribution in [0, 0.1) is 17.3 Å². The first-order chi connectivity index (χ1) is 10.2. The van der Waals surface area contributed by atoms with Gasteiger partial charge in [-0.15, -0.1) is 0 Å². The summed E-state index contributed by atoms with van der Waals surface area (Å²) in [4.78, 5) is 20.2. The molecule has 21 heavy (non-hydrogen) atoms. The van der Waals surface area contributed by atoms with Crippen molar-refractivity contribution in [2.75, 3.05) is 26.2 Å². The number of carbonyl (C=O) groups excluding carboxylic acids is 1. The van der Waals surface area contributed by atoms with Crippen LogP contribution in [0.15, 0.2) is 0 Å². The maximum Gasteiger partial charge on any atom is 0.249 e. The average molecular weight is 294 g/mol.